The molecule has 0 rings (SSSR count). The molecule has 0 N–H and O–H groups in total. The van der Waals surface area contributed by atoms with E-state index in [1.807, 2.05) is 13.8 Å². The number of carbonyl (C=O) groups is 1. The largest absolute Gasteiger partial charge is 0.468 e. The number of alkyl halides is 1. The first kappa shape index (κ1) is 9.95. The van der Waals surface area contributed by atoms with Gasteiger partial charge in [0.1, 0.15) is 4.32 Å². The van der Waals surface area contributed by atoms with Gasteiger partial charge in [-0.3, -0.25) is 4.79 Å². The summed E-state index contributed by atoms with van der Waals surface area (Å²) < 4.78 is 4.09. The van der Waals surface area contributed by atoms with Crippen molar-refractivity contribution in [1.82, 2.24) is 0 Å². The first-order valence-corrected chi connectivity index (χ1v) is 4.11. The van der Waals surface area contributed by atoms with Gasteiger partial charge in [-0.15, -0.1) is 0 Å². The first-order valence-electron chi connectivity index (χ1n) is 3.32. The molecule has 0 aromatic rings. The van der Waals surface area contributed by atoms with E-state index >= 15 is 0 Å². The van der Waals surface area contributed by atoms with Crippen LogP contribution >= 0.6 is 15.9 Å². The molecule has 0 aliphatic carbocycles. The number of methoxy groups -OCH3 is 1. The molecule has 2 nitrogen and oxygen atoms in total. The van der Waals surface area contributed by atoms with Gasteiger partial charge in [0, 0.05) is 0 Å². The van der Waals surface area contributed by atoms with Gasteiger partial charge >= 0.3 is 5.97 Å². The van der Waals surface area contributed by atoms with Crippen LogP contribution in [-0.2, 0) is 9.53 Å². The minimum Gasteiger partial charge on any atom is -0.468 e. The second-order valence-corrected chi connectivity index (χ2v) is 4.19. The van der Waals surface area contributed by atoms with E-state index in [4.69, 9.17) is 0 Å². The van der Waals surface area contributed by atoms with Gasteiger partial charge in [0.2, 0.25) is 0 Å². The van der Waals surface area contributed by atoms with E-state index < -0.39 is 4.32 Å². The van der Waals surface area contributed by atoms with Crippen LogP contribution in [0.3, 0.4) is 0 Å². The molecule has 3 heteroatoms. The normalized spacial score (nSPS) is 16.0. The smallest absolute Gasteiger partial charge is 0.322 e. The van der Waals surface area contributed by atoms with Crippen molar-refractivity contribution in [2.75, 3.05) is 7.11 Å². The Morgan fingerprint density at radius 3 is 2.50 bits per heavy atom. The summed E-state index contributed by atoms with van der Waals surface area (Å²) in [6, 6.07) is 0. The number of esters is 1. The predicted molar refractivity (Wildman–Crippen MR) is 44.3 cm³/mol. The highest BCUT2D eigenvalue weighted by atomic mass is 79.9. The summed E-state index contributed by atoms with van der Waals surface area (Å²) in [4.78, 5) is 11.0. The molecule has 0 amide bonds. The summed E-state index contributed by atoms with van der Waals surface area (Å²) >= 11 is 3.29. The van der Waals surface area contributed by atoms with Gasteiger partial charge in [-0.2, -0.15) is 0 Å². The Morgan fingerprint density at radius 1 is 1.70 bits per heavy atom. The highest BCUT2D eigenvalue weighted by Crippen LogP contribution is 2.24. The lowest BCUT2D eigenvalue weighted by Gasteiger charge is -2.17. The third kappa shape index (κ3) is 2.69. The molecular weight excluding hydrogens is 196 g/mol. The molecular formula is C7H13BrO2. The van der Waals surface area contributed by atoms with Crippen molar-refractivity contribution in [3.8, 4) is 0 Å². The minimum absolute atomic E-state index is 0.200. The van der Waals surface area contributed by atoms with Gasteiger partial charge in [0.05, 0.1) is 7.11 Å². The van der Waals surface area contributed by atoms with Gasteiger partial charge < -0.3 is 4.74 Å². The average Bonchev–Trinajstić information content (AvgIpc) is 1.86. The highest BCUT2D eigenvalue weighted by Gasteiger charge is 2.29. The molecule has 0 radical (unpaired) electrons. The van der Waals surface area contributed by atoms with E-state index in [9.17, 15) is 4.79 Å². The van der Waals surface area contributed by atoms with Crippen LogP contribution in [0.5, 0.6) is 0 Å². The summed E-state index contributed by atoms with van der Waals surface area (Å²) in [5.74, 6) is -0.200. The summed E-state index contributed by atoms with van der Waals surface area (Å²) in [7, 11) is 1.40. The second-order valence-electron chi connectivity index (χ2n) is 2.44. The van der Waals surface area contributed by atoms with E-state index in [2.05, 4.69) is 20.7 Å². The highest BCUT2D eigenvalue weighted by molar-refractivity contribution is 9.10. The Kier molecular flexibility index (Phi) is 3.94. The van der Waals surface area contributed by atoms with Crippen LogP contribution in [0, 0.1) is 0 Å². The van der Waals surface area contributed by atoms with Crippen LogP contribution < -0.4 is 0 Å². The molecule has 0 aromatic heterocycles. The summed E-state index contributed by atoms with van der Waals surface area (Å²) in [6.07, 6.45) is 1.77. The predicted octanol–water partition coefficient (Wildman–Crippen LogP) is 2.11. The molecule has 0 bridgehead atoms. The minimum atomic E-state index is -0.490. The third-order valence-electron chi connectivity index (χ3n) is 1.33. The molecule has 0 aromatic carbocycles. The number of hydrogen-bond acceptors (Lipinski definition) is 2. The van der Waals surface area contributed by atoms with Crippen LogP contribution in [0.25, 0.3) is 0 Å². The van der Waals surface area contributed by atoms with Crippen molar-refractivity contribution in [2.24, 2.45) is 0 Å². The number of hydrogen-bond donors (Lipinski definition) is 0. The molecule has 60 valence electrons. The molecule has 0 saturated carbocycles. The average molecular weight is 209 g/mol. The molecule has 10 heavy (non-hydrogen) atoms. The van der Waals surface area contributed by atoms with E-state index in [0.29, 0.717) is 0 Å². The van der Waals surface area contributed by atoms with E-state index in [0.717, 1.165) is 12.8 Å². The Balaban J connectivity index is 3.96. The zero-order valence-electron chi connectivity index (χ0n) is 6.61. The van der Waals surface area contributed by atoms with Crippen molar-refractivity contribution in [2.45, 2.75) is 31.0 Å². The molecule has 0 saturated heterocycles. The van der Waals surface area contributed by atoms with Crippen LogP contribution in [0.2, 0.25) is 0 Å². The number of ether oxygens (including phenoxy) is 1. The van der Waals surface area contributed by atoms with Crippen LogP contribution in [0.1, 0.15) is 26.7 Å². The lowest BCUT2D eigenvalue weighted by atomic mass is 10.1. The summed E-state index contributed by atoms with van der Waals surface area (Å²) in [5.41, 5.74) is 0. The van der Waals surface area contributed by atoms with Gasteiger partial charge in [0.25, 0.3) is 0 Å². The molecule has 0 aliphatic heterocycles. The fourth-order valence-electron chi connectivity index (χ4n) is 0.784. The molecule has 0 fully saturated rings. The monoisotopic (exact) mass is 208 g/mol. The summed E-state index contributed by atoms with van der Waals surface area (Å²) in [6.45, 7) is 3.85. The SMILES string of the molecule is CCC[C@@](C)(Br)C(=O)OC. The topological polar surface area (TPSA) is 26.3 Å². The van der Waals surface area contributed by atoms with Crippen molar-refractivity contribution in [1.29, 1.82) is 0 Å². The number of rotatable bonds is 3. The number of halogens is 1. The molecule has 0 spiro atoms. The van der Waals surface area contributed by atoms with Crippen LogP contribution in [0.15, 0.2) is 0 Å². The number of carbonyl (C=O) groups excluding carboxylic acids is 1. The van der Waals surface area contributed by atoms with Gasteiger partial charge in [-0.05, 0) is 13.3 Å². The van der Waals surface area contributed by atoms with Crippen molar-refractivity contribution >= 4 is 21.9 Å². The zero-order valence-corrected chi connectivity index (χ0v) is 8.19. The van der Waals surface area contributed by atoms with Gasteiger partial charge in [0.15, 0.2) is 0 Å². The Labute approximate surface area is 70.1 Å². The van der Waals surface area contributed by atoms with E-state index in [-0.39, 0.29) is 5.97 Å². The quantitative estimate of drug-likeness (QED) is 0.525. The zero-order chi connectivity index (χ0) is 8.20. The van der Waals surface area contributed by atoms with E-state index in [1.165, 1.54) is 7.11 Å². The van der Waals surface area contributed by atoms with Crippen molar-refractivity contribution in [3.63, 3.8) is 0 Å². The Hall–Kier alpha value is -0.0500. The van der Waals surface area contributed by atoms with Gasteiger partial charge in [-0.25, -0.2) is 0 Å². The first-order chi connectivity index (χ1) is 4.54. The van der Waals surface area contributed by atoms with Crippen LogP contribution in [-0.4, -0.2) is 17.4 Å². The molecule has 0 heterocycles. The lowest BCUT2D eigenvalue weighted by molar-refractivity contribution is -0.143. The van der Waals surface area contributed by atoms with Crippen molar-refractivity contribution in [3.05, 3.63) is 0 Å². The standard InChI is InChI=1S/C7H13BrO2/c1-4-5-7(2,8)6(9)10-3/h4-5H2,1-3H3/t7-/m1/s1. The van der Waals surface area contributed by atoms with E-state index in [1.54, 1.807) is 0 Å². The molecule has 0 aliphatic rings. The Morgan fingerprint density at radius 2 is 2.20 bits per heavy atom. The maximum Gasteiger partial charge on any atom is 0.322 e. The maximum absolute atomic E-state index is 11.0. The maximum atomic E-state index is 11.0. The fraction of sp³-hybridized carbons (Fsp3) is 0.857. The summed E-state index contributed by atoms with van der Waals surface area (Å²) in [5, 5.41) is 0. The second kappa shape index (κ2) is 3.96. The third-order valence-corrected chi connectivity index (χ3v) is 2.05. The fourth-order valence-corrected chi connectivity index (χ4v) is 1.34. The molecule has 0 unspecified atom stereocenters. The Bertz CT molecular complexity index is 121. The molecule has 1 atom stereocenters. The lowest BCUT2D eigenvalue weighted by Crippen LogP contribution is -2.29. The van der Waals surface area contributed by atoms with Crippen molar-refractivity contribution < 1.29 is 9.53 Å². The van der Waals surface area contributed by atoms with Crippen LogP contribution in [0.4, 0.5) is 0 Å². The van der Waals surface area contributed by atoms with Gasteiger partial charge in [-0.1, -0.05) is 29.3 Å².